The fourth-order valence-corrected chi connectivity index (χ4v) is 1.84. The van der Waals surface area contributed by atoms with Gasteiger partial charge in [0.1, 0.15) is 5.02 Å². The number of carbonyl (C=O) groups excluding carboxylic acids is 1. The van der Waals surface area contributed by atoms with Crippen LogP contribution in [-0.4, -0.2) is 11.0 Å². The summed E-state index contributed by atoms with van der Waals surface area (Å²) in [6.07, 6.45) is 0. The number of nitriles is 1. The van der Waals surface area contributed by atoms with Crippen LogP contribution in [0.5, 0.6) is 0 Å². The standard InChI is InChI=1S/C14H9ClN4O3/c15-12-6-5-11(7-13(12)19(21)22)18-14(20)17-10-3-1-9(8-16)2-4-10/h1-7H,(H2,17,18,20). The van der Waals surface area contributed by atoms with Crippen molar-refractivity contribution in [1.29, 1.82) is 5.26 Å². The van der Waals surface area contributed by atoms with Crippen molar-refractivity contribution in [3.05, 3.63) is 63.2 Å². The highest BCUT2D eigenvalue weighted by Gasteiger charge is 2.13. The van der Waals surface area contributed by atoms with Crippen LogP contribution < -0.4 is 10.6 Å². The number of rotatable bonds is 3. The van der Waals surface area contributed by atoms with Crippen LogP contribution in [0.15, 0.2) is 42.5 Å². The van der Waals surface area contributed by atoms with Gasteiger partial charge in [0.2, 0.25) is 0 Å². The van der Waals surface area contributed by atoms with Gasteiger partial charge in [-0.15, -0.1) is 0 Å². The van der Waals surface area contributed by atoms with Gasteiger partial charge in [-0.25, -0.2) is 4.79 Å². The fraction of sp³-hybridized carbons (Fsp3) is 0. The summed E-state index contributed by atoms with van der Waals surface area (Å²) < 4.78 is 0. The summed E-state index contributed by atoms with van der Waals surface area (Å²) >= 11 is 5.69. The Kier molecular flexibility index (Phi) is 4.56. The molecule has 0 aliphatic heterocycles. The average molecular weight is 317 g/mol. The van der Waals surface area contributed by atoms with E-state index >= 15 is 0 Å². The minimum absolute atomic E-state index is 0.0111. The Morgan fingerprint density at radius 2 is 1.73 bits per heavy atom. The zero-order valence-electron chi connectivity index (χ0n) is 11.0. The van der Waals surface area contributed by atoms with Crippen molar-refractivity contribution in [2.24, 2.45) is 0 Å². The molecule has 2 aromatic carbocycles. The summed E-state index contributed by atoms with van der Waals surface area (Å²) in [6, 6.07) is 11.6. The largest absolute Gasteiger partial charge is 0.323 e. The second kappa shape index (κ2) is 6.56. The van der Waals surface area contributed by atoms with Gasteiger partial charge in [0.15, 0.2) is 0 Å². The van der Waals surface area contributed by atoms with Gasteiger partial charge in [-0.2, -0.15) is 5.26 Å². The van der Waals surface area contributed by atoms with Crippen LogP contribution in [0.25, 0.3) is 0 Å². The Morgan fingerprint density at radius 3 is 2.32 bits per heavy atom. The van der Waals surface area contributed by atoms with Crippen molar-refractivity contribution >= 4 is 34.7 Å². The normalized spacial score (nSPS) is 9.64. The number of halogens is 1. The molecule has 8 heteroatoms. The third kappa shape index (κ3) is 3.71. The van der Waals surface area contributed by atoms with E-state index in [1.807, 2.05) is 6.07 Å². The Morgan fingerprint density at radius 1 is 1.14 bits per heavy atom. The highest BCUT2D eigenvalue weighted by Crippen LogP contribution is 2.27. The number of nitrogens with one attached hydrogen (secondary N) is 2. The quantitative estimate of drug-likeness (QED) is 0.663. The Bertz CT molecular complexity index is 769. The van der Waals surface area contributed by atoms with Crippen molar-refractivity contribution in [2.45, 2.75) is 0 Å². The first-order valence-electron chi connectivity index (χ1n) is 6.01. The van der Waals surface area contributed by atoms with E-state index in [-0.39, 0.29) is 16.4 Å². The number of anilines is 2. The second-order valence-electron chi connectivity index (χ2n) is 4.19. The number of urea groups is 1. The van der Waals surface area contributed by atoms with Gasteiger partial charge in [-0.1, -0.05) is 11.6 Å². The lowest BCUT2D eigenvalue weighted by Crippen LogP contribution is -2.19. The number of carbonyl (C=O) groups is 1. The molecule has 0 saturated carbocycles. The first-order chi connectivity index (χ1) is 10.5. The molecule has 0 aliphatic rings. The molecule has 2 aromatic rings. The number of nitro groups is 1. The molecule has 0 radical (unpaired) electrons. The number of hydrogen-bond donors (Lipinski definition) is 2. The van der Waals surface area contributed by atoms with Crippen LogP contribution in [0.2, 0.25) is 5.02 Å². The van der Waals surface area contributed by atoms with E-state index in [1.54, 1.807) is 24.3 Å². The van der Waals surface area contributed by atoms with Gasteiger partial charge in [0.05, 0.1) is 16.6 Å². The van der Waals surface area contributed by atoms with E-state index in [2.05, 4.69) is 10.6 Å². The number of benzene rings is 2. The molecule has 7 nitrogen and oxygen atoms in total. The highest BCUT2D eigenvalue weighted by molar-refractivity contribution is 6.32. The zero-order chi connectivity index (χ0) is 16.1. The van der Waals surface area contributed by atoms with E-state index in [4.69, 9.17) is 16.9 Å². The molecule has 0 spiro atoms. The first kappa shape index (κ1) is 15.3. The lowest BCUT2D eigenvalue weighted by atomic mass is 10.2. The number of nitrogens with zero attached hydrogens (tertiary/aromatic N) is 2. The van der Waals surface area contributed by atoms with Crippen LogP contribution in [0.1, 0.15) is 5.56 Å². The van der Waals surface area contributed by atoms with Gasteiger partial charge >= 0.3 is 6.03 Å². The topological polar surface area (TPSA) is 108 Å². The molecule has 0 heterocycles. The Hall–Kier alpha value is -3.11. The van der Waals surface area contributed by atoms with Crippen LogP contribution in [-0.2, 0) is 0 Å². The number of nitro benzene ring substituents is 1. The smallest absolute Gasteiger partial charge is 0.308 e. The van der Waals surface area contributed by atoms with Crippen LogP contribution in [0.4, 0.5) is 21.9 Å². The van der Waals surface area contributed by atoms with Gasteiger partial charge in [0, 0.05) is 17.4 Å². The third-order valence-electron chi connectivity index (χ3n) is 2.67. The molecule has 2 rings (SSSR count). The molecular formula is C14H9ClN4O3. The molecule has 22 heavy (non-hydrogen) atoms. The van der Waals surface area contributed by atoms with Crippen molar-refractivity contribution in [1.82, 2.24) is 0 Å². The highest BCUT2D eigenvalue weighted by atomic mass is 35.5. The Labute approximate surface area is 130 Å². The van der Waals surface area contributed by atoms with E-state index in [0.717, 1.165) is 0 Å². The molecule has 110 valence electrons. The minimum atomic E-state index is -0.633. The number of amides is 2. The molecule has 0 atom stereocenters. The summed E-state index contributed by atoms with van der Waals surface area (Å²) in [4.78, 5) is 22.0. The molecule has 0 unspecified atom stereocenters. The average Bonchev–Trinajstić information content (AvgIpc) is 2.49. The maximum Gasteiger partial charge on any atom is 0.323 e. The molecule has 2 N–H and O–H groups in total. The molecule has 0 bridgehead atoms. The van der Waals surface area contributed by atoms with Gasteiger partial charge in [0.25, 0.3) is 5.69 Å². The molecule has 0 aliphatic carbocycles. The molecule has 0 aromatic heterocycles. The molecular weight excluding hydrogens is 308 g/mol. The summed E-state index contributed by atoms with van der Waals surface area (Å²) in [5.41, 5.74) is 0.902. The van der Waals surface area contributed by atoms with Gasteiger partial charge in [-0.3, -0.25) is 10.1 Å². The maximum absolute atomic E-state index is 11.8. The molecule has 0 saturated heterocycles. The molecule has 2 amide bonds. The van der Waals surface area contributed by atoms with Gasteiger partial charge in [-0.05, 0) is 36.4 Å². The van der Waals surface area contributed by atoms with E-state index < -0.39 is 11.0 Å². The fourth-order valence-electron chi connectivity index (χ4n) is 1.65. The van der Waals surface area contributed by atoms with Crippen LogP contribution in [0.3, 0.4) is 0 Å². The zero-order valence-corrected chi connectivity index (χ0v) is 11.8. The predicted molar refractivity (Wildman–Crippen MR) is 81.9 cm³/mol. The minimum Gasteiger partial charge on any atom is -0.308 e. The summed E-state index contributed by atoms with van der Waals surface area (Å²) in [5.74, 6) is 0. The van der Waals surface area contributed by atoms with E-state index in [1.165, 1.54) is 18.2 Å². The second-order valence-corrected chi connectivity index (χ2v) is 4.60. The van der Waals surface area contributed by atoms with E-state index in [9.17, 15) is 14.9 Å². The van der Waals surface area contributed by atoms with Crippen molar-refractivity contribution in [2.75, 3.05) is 10.6 Å². The lowest BCUT2D eigenvalue weighted by molar-refractivity contribution is -0.384. The van der Waals surface area contributed by atoms with Crippen molar-refractivity contribution < 1.29 is 9.72 Å². The first-order valence-corrected chi connectivity index (χ1v) is 6.39. The summed E-state index contributed by atoms with van der Waals surface area (Å²) in [5, 5.41) is 24.5. The third-order valence-corrected chi connectivity index (χ3v) is 2.99. The molecule has 0 fully saturated rings. The van der Waals surface area contributed by atoms with Crippen molar-refractivity contribution in [3.8, 4) is 6.07 Å². The summed E-state index contributed by atoms with van der Waals surface area (Å²) in [6.45, 7) is 0. The summed E-state index contributed by atoms with van der Waals surface area (Å²) in [7, 11) is 0. The van der Waals surface area contributed by atoms with Gasteiger partial charge < -0.3 is 10.6 Å². The predicted octanol–water partition coefficient (Wildman–Crippen LogP) is 3.76. The van der Waals surface area contributed by atoms with E-state index in [0.29, 0.717) is 11.3 Å². The monoisotopic (exact) mass is 316 g/mol. The Balaban J connectivity index is 2.07. The van der Waals surface area contributed by atoms with Crippen LogP contribution in [0, 0.1) is 21.4 Å². The maximum atomic E-state index is 11.8. The number of hydrogen-bond acceptors (Lipinski definition) is 4. The van der Waals surface area contributed by atoms with Crippen LogP contribution >= 0.6 is 11.6 Å². The lowest BCUT2D eigenvalue weighted by Gasteiger charge is -2.08. The SMILES string of the molecule is N#Cc1ccc(NC(=O)Nc2ccc(Cl)c([N+](=O)[O-])c2)cc1. The van der Waals surface area contributed by atoms with Crippen molar-refractivity contribution in [3.63, 3.8) is 0 Å².